The number of nitro groups is 1. The molecular formula is C11H8FN3O4. The SMILES string of the molecule is O=c1[nH]c(=O)n(Cc2cccc([N+](=O)[O-])c2)cc1F. The van der Waals surface area contributed by atoms with E-state index in [0.717, 1.165) is 10.8 Å². The Morgan fingerprint density at radius 2 is 2.11 bits per heavy atom. The molecule has 1 aromatic heterocycles. The van der Waals surface area contributed by atoms with Crippen LogP contribution in [0.4, 0.5) is 10.1 Å². The molecule has 98 valence electrons. The standard InChI is InChI=1S/C11H8FN3O4/c12-9-6-14(11(17)13-10(9)16)5-7-2-1-3-8(4-7)15(18)19/h1-4,6H,5H2,(H,13,16,17). The molecule has 0 unspecified atom stereocenters. The molecule has 2 aromatic rings. The van der Waals surface area contributed by atoms with Crippen LogP contribution < -0.4 is 11.2 Å². The summed E-state index contributed by atoms with van der Waals surface area (Å²) < 4.78 is 14.0. The van der Waals surface area contributed by atoms with Crippen molar-refractivity contribution in [2.75, 3.05) is 0 Å². The number of nitrogens with one attached hydrogen (secondary N) is 1. The number of rotatable bonds is 3. The van der Waals surface area contributed by atoms with Crippen LogP contribution in [-0.2, 0) is 6.54 Å². The van der Waals surface area contributed by atoms with Gasteiger partial charge in [-0.1, -0.05) is 12.1 Å². The maximum atomic E-state index is 13.1. The summed E-state index contributed by atoms with van der Waals surface area (Å²) in [5.41, 5.74) is -1.56. The van der Waals surface area contributed by atoms with Crippen molar-refractivity contribution in [3.63, 3.8) is 0 Å². The summed E-state index contributed by atoms with van der Waals surface area (Å²) in [7, 11) is 0. The van der Waals surface area contributed by atoms with Crippen LogP contribution in [0, 0.1) is 15.9 Å². The third-order valence-electron chi connectivity index (χ3n) is 2.44. The lowest BCUT2D eigenvalue weighted by molar-refractivity contribution is -0.384. The van der Waals surface area contributed by atoms with Crippen LogP contribution in [0.25, 0.3) is 0 Å². The summed E-state index contributed by atoms with van der Waals surface area (Å²) in [4.78, 5) is 34.1. The van der Waals surface area contributed by atoms with E-state index in [1.807, 2.05) is 4.98 Å². The van der Waals surface area contributed by atoms with Crippen LogP contribution in [0.1, 0.15) is 5.56 Å². The molecule has 0 aliphatic carbocycles. The fourth-order valence-electron chi connectivity index (χ4n) is 1.57. The summed E-state index contributed by atoms with van der Waals surface area (Å²) in [5, 5.41) is 10.6. The number of nitro benzene ring substituents is 1. The summed E-state index contributed by atoms with van der Waals surface area (Å²) in [6, 6.07) is 5.60. The molecule has 1 N–H and O–H groups in total. The van der Waals surface area contributed by atoms with E-state index in [-0.39, 0.29) is 12.2 Å². The van der Waals surface area contributed by atoms with E-state index in [1.54, 1.807) is 6.07 Å². The Hall–Kier alpha value is -2.77. The first-order valence-electron chi connectivity index (χ1n) is 5.20. The van der Waals surface area contributed by atoms with Crippen molar-refractivity contribution in [2.45, 2.75) is 6.54 Å². The minimum atomic E-state index is -1.10. The first-order chi connectivity index (χ1) is 8.97. The molecule has 0 saturated carbocycles. The highest BCUT2D eigenvalue weighted by Crippen LogP contribution is 2.13. The third-order valence-corrected chi connectivity index (χ3v) is 2.44. The van der Waals surface area contributed by atoms with Gasteiger partial charge in [-0.2, -0.15) is 4.39 Å². The minimum absolute atomic E-state index is 0.0752. The van der Waals surface area contributed by atoms with E-state index in [9.17, 15) is 24.1 Å². The van der Waals surface area contributed by atoms with Crippen LogP contribution in [0.2, 0.25) is 0 Å². The van der Waals surface area contributed by atoms with Gasteiger partial charge in [0.2, 0.25) is 5.82 Å². The number of hydrogen-bond donors (Lipinski definition) is 1. The van der Waals surface area contributed by atoms with E-state index in [0.29, 0.717) is 5.56 Å². The van der Waals surface area contributed by atoms with Crippen LogP contribution in [0.5, 0.6) is 0 Å². The van der Waals surface area contributed by atoms with Gasteiger partial charge < -0.3 is 0 Å². The van der Waals surface area contributed by atoms with Crippen LogP contribution in [0.15, 0.2) is 40.1 Å². The molecule has 0 saturated heterocycles. The zero-order valence-corrected chi connectivity index (χ0v) is 9.50. The van der Waals surface area contributed by atoms with Crippen LogP contribution in [-0.4, -0.2) is 14.5 Å². The van der Waals surface area contributed by atoms with E-state index in [1.165, 1.54) is 18.2 Å². The molecular weight excluding hydrogens is 257 g/mol. The molecule has 0 fully saturated rings. The largest absolute Gasteiger partial charge is 0.328 e. The molecule has 0 aliphatic heterocycles. The summed E-state index contributed by atoms with van der Waals surface area (Å²) >= 11 is 0. The second-order valence-corrected chi connectivity index (χ2v) is 3.79. The Morgan fingerprint density at radius 3 is 2.79 bits per heavy atom. The second-order valence-electron chi connectivity index (χ2n) is 3.79. The average molecular weight is 265 g/mol. The first kappa shape index (κ1) is 12.7. The molecule has 0 radical (unpaired) electrons. The first-order valence-corrected chi connectivity index (χ1v) is 5.20. The van der Waals surface area contributed by atoms with Crippen molar-refractivity contribution in [3.05, 3.63) is 72.8 Å². The fourth-order valence-corrected chi connectivity index (χ4v) is 1.57. The van der Waals surface area contributed by atoms with Gasteiger partial charge in [0.25, 0.3) is 11.2 Å². The number of H-pyrrole nitrogens is 1. The number of nitrogens with zero attached hydrogens (tertiary/aromatic N) is 2. The average Bonchev–Trinajstić information content (AvgIpc) is 2.36. The van der Waals surface area contributed by atoms with Gasteiger partial charge in [0.1, 0.15) is 0 Å². The molecule has 1 aromatic carbocycles. The molecule has 0 atom stereocenters. The highest BCUT2D eigenvalue weighted by molar-refractivity contribution is 5.34. The van der Waals surface area contributed by atoms with Crippen LogP contribution in [0.3, 0.4) is 0 Å². The lowest BCUT2D eigenvalue weighted by atomic mass is 10.2. The van der Waals surface area contributed by atoms with Crippen molar-refractivity contribution in [1.29, 1.82) is 0 Å². The van der Waals surface area contributed by atoms with E-state index in [2.05, 4.69) is 0 Å². The van der Waals surface area contributed by atoms with Gasteiger partial charge in [-0.25, -0.2) is 4.79 Å². The molecule has 0 bridgehead atoms. The maximum Gasteiger partial charge on any atom is 0.328 e. The minimum Gasteiger partial charge on any atom is -0.293 e. The quantitative estimate of drug-likeness (QED) is 0.650. The Bertz CT molecular complexity index is 750. The lowest BCUT2D eigenvalue weighted by Crippen LogP contribution is -2.31. The molecule has 2 rings (SSSR count). The topological polar surface area (TPSA) is 98.0 Å². The molecule has 8 heteroatoms. The Balaban J connectivity index is 2.39. The number of hydrogen-bond acceptors (Lipinski definition) is 4. The monoisotopic (exact) mass is 265 g/mol. The number of halogens is 1. The highest BCUT2D eigenvalue weighted by atomic mass is 19.1. The van der Waals surface area contributed by atoms with E-state index in [4.69, 9.17) is 0 Å². The van der Waals surface area contributed by atoms with Gasteiger partial charge in [-0.15, -0.1) is 0 Å². The summed E-state index contributed by atoms with van der Waals surface area (Å²) in [5.74, 6) is -1.09. The Labute approximate surface area is 105 Å². The van der Waals surface area contributed by atoms with Crippen molar-refractivity contribution in [1.82, 2.24) is 9.55 Å². The number of aromatic amines is 1. The van der Waals surface area contributed by atoms with Crippen LogP contribution >= 0.6 is 0 Å². The number of aromatic nitrogens is 2. The Morgan fingerprint density at radius 1 is 1.37 bits per heavy atom. The zero-order chi connectivity index (χ0) is 14.0. The maximum absolute atomic E-state index is 13.1. The number of benzene rings is 1. The van der Waals surface area contributed by atoms with Crippen molar-refractivity contribution in [3.8, 4) is 0 Å². The highest BCUT2D eigenvalue weighted by Gasteiger charge is 2.08. The van der Waals surface area contributed by atoms with Crippen molar-refractivity contribution in [2.24, 2.45) is 0 Å². The van der Waals surface area contributed by atoms with E-state index < -0.39 is 22.0 Å². The molecule has 1 heterocycles. The summed E-state index contributed by atoms with van der Waals surface area (Å²) in [6.45, 7) is -0.0752. The van der Waals surface area contributed by atoms with Gasteiger partial charge in [-0.3, -0.25) is 24.5 Å². The van der Waals surface area contributed by atoms with Crippen molar-refractivity contribution < 1.29 is 9.31 Å². The molecule has 19 heavy (non-hydrogen) atoms. The molecule has 0 spiro atoms. The fraction of sp³-hybridized carbons (Fsp3) is 0.0909. The lowest BCUT2D eigenvalue weighted by Gasteiger charge is -2.04. The van der Waals surface area contributed by atoms with Gasteiger partial charge in [0, 0.05) is 12.1 Å². The Kier molecular flexibility index (Phi) is 3.23. The number of non-ortho nitro benzene ring substituents is 1. The van der Waals surface area contributed by atoms with Gasteiger partial charge in [0.05, 0.1) is 17.7 Å². The molecule has 7 nitrogen and oxygen atoms in total. The molecule has 0 amide bonds. The van der Waals surface area contributed by atoms with Gasteiger partial charge >= 0.3 is 5.69 Å². The summed E-state index contributed by atoms with van der Waals surface area (Å²) in [6.07, 6.45) is 0.764. The third kappa shape index (κ3) is 2.73. The van der Waals surface area contributed by atoms with Gasteiger partial charge in [-0.05, 0) is 5.56 Å². The predicted molar refractivity (Wildman–Crippen MR) is 63.5 cm³/mol. The predicted octanol–water partition coefficient (Wildman–Crippen LogP) is 0.632. The zero-order valence-electron chi connectivity index (χ0n) is 9.50. The normalized spacial score (nSPS) is 10.4. The molecule has 0 aliphatic rings. The van der Waals surface area contributed by atoms with Crippen molar-refractivity contribution >= 4 is 5.69 Å². The van der Waals surface area contributed by atoms with E-state index >= 15 is 0 Å². The smallest absolute Gasteiger partial charge is 0.293 e. The van der Waals surface area contributed by atoms with Gasteiger partial charge in [0.15, 0.2) is 0 Å². The second kappa shape index (κ2) is 4.84.